The van der Waals surface area contributed by atoms with E-state index in [4.69, 9.17) is 4.42 Å². The van der Waals surface area contributed by atoms with Gasteiger partial charge in [-0.3, -0.25) is 0 Å². The van der Waals surface area contributed by atoms with Crippen molar-refractivity contribution in [2.75, 3.05) is 13.1 Å². The standard InChI is InChI=1S/C18H24N2O3S/c1-15-5-8-17(23-15)14-19-13-16-6-9-18(10-7-16)24(21,22)20-11-3-2-4-12-20/h5-10,19H,2-4,11-14H2,1H3. The molecule has 2 aromatic rings. The molecule has 2 heterocycles. The number of sulfonamides is 1. The van der Waals surface area contributed by atoms with Crippen LogP contribution in [0.4, 0.5) is 0 Å². The lowest BCUT2D eigenvalue weighted by Gasteiger charge is -2.25. The first kappa shape index (κ1) is 17.2. The predicted molar refractivity (Wildman–Crippen MR) is 93.0 cm³/mol. The summed E-state index contributed by atoms with van der Waals surface area (Å²) in [5.74, 6) is 1.80. The van der Waals surface area contributed by atoms with Gasteiger partial charge in [-0.05, 0) is 49.6 Å². The Bertz CT molecular complexity index is 760. The number of benzene rings is 1. The third-order valence-electron chi connectivity index (χ3n) is 4.30. The molecule has 0 aliphatic carbocycles. The van der Waals surface area contributed by atoms with Crippen molar-refractivity contribution in [3.63, 3.8) is 0 Å². The maximum atomic E-state index is 12.6. The minimum Gasteiger partial charge on any atom is -0.465 e. The zero-order valence-corrected chi connectivity index (χ0v) is 14.8. The van der Waals surface area contributed by atoms with Gasteiger partial charge < -0.3 is 9.73 Å². The van der Waals surface area contributed by atoms with Gasteiger partial charge in [-0.2, -0.15) is 4.31 Å². The molecule has 130 valence electrons. The molecule has 1 saturated heterocycles. The van der Waals surface area contributed by atoms with E-state index in [0.717, 1.165) is 36.3 Å². The number of aryl methyl sites for hydroxylation is 1. The molecule has 0 bridgehead atoms. The summed E-state index contributed by atoms with van der Waals surface area (Å²) in [6.07, 6.45) is 3.02. The van der Waals surface area contributed by atoms with Gasteiger partial charge in [0.25, 0.3) is 0 Å². The lowest BCUT2D eigenvalue weighted by molar-refractivity contribution is 0.346. The van der Waals surface area contributed by atoms with Crippen molar-refractivity contribution in [1.82, 2.24) is 9.62 Å². The Balaban J connectivity index is 1.58. The van der Waals surface area contributed by atoms with Gasteiger partial charge in [0.05, 0.1) is 11.4 Å². The second kappa shape index (κ2) is 7.51. The zero-order chi connectivity index (χ0) is 17.0. The third kappa shape index (κ3) is 4.06. The Morgan fingerprint density at radius 1 is 1.00 bits per heavy atom. The van der Waals surface area contributed by atoms with Crippen LogP contribution in [0.3, 0.4) is 0 Å². The summed E-state index contributed by atoms with van der Waals surface area (Å²) in [7, 11) is -3.34. The summed E-state index contributed by atoms with van der Waals surface area (Å²) >= 11 is 0. The van der Waals surface area contributed by atoms with E-state index in [1.54, 1.807) is 16.4 Å². The summed E-state index contributed by atoms with van der Waals surface area (Å²) in [6, 6.07) is 11.1. The topological polar surface area (TPSA) is 62.6 Å². The molecule has 0 saturated carbocycles. The fourth-order valence-electron chi connectivity index (χ4n) is 2.94. The Labute approximate surface area is 143 Å². The average molecular weight is 348 g/mol. The Hall–Kier alpha value is -1.63. The maximum absolute atomic E-state index is 12.6. The van der Waals surface area contributed by atoms with Crippen LogP contribution in [0.15, 0.2) is 45.7 Å². The van der Waals surface area contributed by atoms with Gasteiger partial charge >= 0.3 is 0 Å². The predicted octanol–water partition coefficient (Wildman–Crippen LogP) is 3.05. The molecule has 0 radical (unpaired) electrons. The first-order valence-electron chi connectivity index (χ1n) is 8.41. The van der Waals surface area contributed by atoms with Crippen LogP contribution in [-0.4, -0.2) is 25.8 Å². The Morgan fingerprint density at radius 2 is 1.71 bits per heavy atom. The molecule has 0 amide bonds. The fourth-order valence-corrected chi connectivity index (χ4v) is 4.46. The molecule has 1 aliphatic heterocycles. The molecule has 3 rings (SSSR count). The summed E-state index contributed by atoms with van der Waals surface area (Å²) in [4.78, 5) is 0.384. The van der Waals surface area contributed by atoms with Gasteiger partial charge in [0.15, 0.2) is 0 Å². The van der Waals surface area contributed by atoms with Crippen molar-refractivity contribution < 1.29 is 12.8 Å². The highest BCUT2D eigenvalue weighted by atomic mass is 32.2. The fraction of sp³-hybridized carbons (Fsp3) is 0.444. The number of nitrogens with zero attached hydrogens (tertiary/aromatic N) is 1. The van der Waals surface area contributed by atoms with Gasteiger partial charge in [-0.25, -0.2) is 8.42 Å². The van der Waals surface area contributed by atoms with E-state index >= 15 is 0 Å². The molecule has 5 nitrogen and oxygen atoms in total. The van der Waals surface area contributed by atoms with Crippen LogP contribution < -0.4 is 5.32 Å². The monoisotopic (exact) mass is 348 g/mol. The normalized spacial score (nSPS) is 16.4. The van der Waals surface area contributed by atoms with Gasteiger partial charge in [0.1, 0.15) is 11.5 Å². The summed E-state index contributed by atoms with van der Waals surface area (Å²) in [6.45, 7) is 4.51. The van der Waals surface area contributed by atoms with E-state index in [-0.39, 0.29) is 0 Å². The molecule has 24 heavy (non-hydrogen) atoms. The van der Waals surface area contributed by atoms with Crippen molar-refractivity contribution in [1.29, 1.82) is 0 Å². The van der Waals surface area contributed by atoms with Crippen LogP contribution in [0.2, 0.25) is 0 Å². The molecule has 6 heteroatoms. The molecular formula is C18H24N2O3S. The second-order valence-corrected chi connectivity index (χ2v) is 8.16. The second-order valence-electron chi connectivity index (χ2n) is 6.22. The lowest BCUT2D eigenvalue weighted by atomic mass is 10.2. The van der Waals surface area contributed by atoms with E-state index in [1.165, 1.54) is 0 Å². The molecule has 1 fully saturated rings. The summed E-state index contributed by atoms with van der Waals surface area (Å²) in [5.41, 5.74) is 1.05. The quantitative estimate of drug-likeness (QED) is 0.871. The van der Waals surface area contributed by atoms with Crippen molar-refractivity contribution in [3.8, 4) is 0 Å². The number of piperidine rings is 1. The van der Waals surface area contributed by atoms with E-state index in [0.29, 0.717) is 31.1 Å². The average Bonchev–Trinajstić information content (AvgIpc) is 3.01. The van der Waals surface area contributed by atoms with Crippen LogP contribution in [0.1, 0.15) is 36.3 Å². The largest absolute Gasteiger partial charge is 0.465 e. The number of rotatable bonds is 6. The number of hydrogen-bond donors (Lipinski definition) is 1. The molecule has 1 aromatic heterocycles. The van der Waals surface area contributed by atoms with Crippen molar-refractivity contribution in [3.05, 3.63) is 53.5 Å². The van der Waals surface area contributed by atoms with Gasteiger partial charge in [0, 0.05) is 19.6 Å². The van der Waals surface area contributed by atoms with Crippen LogP contribution >= 0.6 is 0 Å². The van der Waals surface area contributed by atoms with Crippen LogP contribution in [0.5, 0.6) is 0 Å². The van der Waals surface area contributed by atoms with Crippen molar-refractivity contribution in [2.45, 2.75) is 44.2 Å². The van der Waals surface area contributed by atoms with E-state index in [2.05, 4.69) is 5.32 Å². The molecule has 1 N–H and O–H groups in total. The van der Waals surface area contributed by atoms with Gasteiger partial charge in [0.2, 0.25) is 10.0 Å². The zero-order valence-electron chi connectivity index (χ0n) is 14.0. The first-order chi connectivity index (χ1) is 11.6. The van der Waals surface area contributed by atoms with E-state index in [1.807, 2.05) is 31.2 Å². The number of furan rings is 1. The Morgan fingerprint density at radius 3 is 2.33 bits per heavy atom. The molecular weight excluding hydrogens is 324 g/mol. The Kier molecular flexibility index (Phi) is 5.38. The van der Waals surface area contributed by atoms with Crippen molar-refractivity contribution in [2.24, 2.45) is 0 Å². The minimum absolute atomic E-state index is 0.384. The SMILES string of the molecule is Cc1ccc(CNCc2ccc(S(=O)(=O)N3CCCCC3)cc2)o1. The summed E-state index contributed by atoms with van der Waals surface area (Å²) in [5, 5.41) is 3.30. The molecule has 0 spiro atoms. The molecule has 0 atom stereocenters. The van der Waals surface area contributed by atoms with Gasteiger partial charge in [-0.15, -0.1) is 0 Å². The smallest absolute Gasteiger partial charge is 0.243 e. The van der Waals surface area contributed by atoms with E-state index < -0.39 is 10.0 Å². The highest BCUT2D eigenvalue weighted by molar-refractivity contribution is 7.89. The number of nitrogens with one attached hydrogen (secondary N) is 1. The summed E-state index contributed by atoms with van der Waals surface area (Å²) < 4.78 is 32.3. The molecule has 0 unspecified atom stereocenters. The maximum Gasteiger partial charge on any atom is 0.243 e. The molecule has 1 aromatic carbocycles. The van der Waals surface area contributed by atoms with Crippen LogP contribution in [0, 0.1) is 6.92 Å². The molecule has 1 aliphatic rings. The van der Waals surface area contributed by atoms with Crippen LogP contribution in [0.25, 0.3) is 0 Å². The highest BCUT2D eigenvalue weighted by Crippen LogP contribution is 2.20. The third-order valence-corrected chi connectivity index (χ3v) is 6.21. The lowest BCUT2D eigenvalue weighted by Crippen LogP contribution is -2.35. The van der Waals surface area contributed by atoms with Crippen LogP contribution in [-0.2, 0) is 23.1 Å². The first-order valence-corrected chi connectivity index (χ1v) is 9.85. The highest BCUT2D eigenvalue weighted by Gasteiger charge is 2.25. The van der Waals surface area contributed by atoms with Gasteiger partial charge in [-0.1, -0.05) is 18.6 Å². The number of hydrogen-bond acceptors (Lipinski definition) is 4. The minimum atomic E-state index is -3.34. The van der Waals surface area contributed by atoms with Crippen molar-refractivity contribution >= 4 is 10.0 Å². The van der Waals surface area contributed by atoms with E-state index in [9.17, 15) is 8.42 Å².